The summed E-state index contributed by atoms with van der Waals surface area (Å²) in [5.41, 5.74) is 1.59. The molecular formula is C21H32F3N3O3. The Labute approximate surface area is 176 Å². The molecule has 1 atom stereocenters. The second-order valence-corrected chi connectivity index (χ2v) is 7.21. The number of rotatable bonds is 12. The Morgan fingerprint density at radius 3 is 2.80 bits per heavy atom. The molecule has 0 aromatic heterocycles. The van der Waals surface area contributed by atoms with Crippen molar-refractivity contribution in [2.45, 2.75) is 39.1 Å². The Morgan fingerprint density at radius 1 is 1.23 bits per heavy atom. The van der Waals surface area contributed by atoms with Crippen LogP contribution in [-0.4, -0.2) is 58.3 Å². The fourth-order valence-electron chi connectivity index (χ4n) is 2.96. The van der Waals surface area contributed by atoms with Gasteiger partial charge in [0.25, 0.3) is 0 Å². The second-order valence-electron chi connectivity index (χ2n) is 7.21. The first kappa shape index (κ1) is 24.4. The van der Waals surface area contributed by atoms with E-state index in [2.05, 4.69) is 15.6 Å². The van der Waals surface area contributed by atoms with Crippen LogP contribution in [0.15, 0.2) is 29.3 Å². The van der Waals surface area contributed by atoms with Crippen LogP contribution in [0, 0.1) is 5.92 Å². The number of ether oxygens (including phenoxy) is 3. The molecule has 170 valence electrons. The van der Waals surface area contributed by atoms with Gasteiger partial charge >= 0.3 is 6.18 Å². The van der Waals surface area contributed by atoms with Crippen molar-refractivity contribution in [2.24, 2.45) is 10.9 Å². The third-order valence-corrected chi connectivity index (χ3v) is 4.43. The first-order valence-corrected chi connectivity index (χ1v) is 10.4. The zero-order valence-corrected chi connectivity index (χ0v) is 17.5. The van der Waals surface area contributed by atoms with E-state index < -0.39 is 12.8 Å². The van der Waals surface area contributed by atoms with Crippen LogP contribution in [0.4, 0.5) is 13.2 Å². The van der Waals surface area contributed by atoms with Crippen LogP contribution in [0.1, 0.15) is 30.9 Å². The molecule has 1 saturated heterocycles. The molecule has 0 saturated carbocycles. The van der Waals surface area contributed by atoms with Gasteiger partial charge in [0.15, 0.2) is 5.96 Å². The summed E-state index contributed by atoms with van der Waals surface area (Å²) in [7, 11) is 0. The highest BCUT2D eigenvalue weighted by molar-refractivity contribution is 5.79. The zero-order valence-electron chi connectivity index (χ0n) is 17.5. The van der Waals surface area contributed by atoms with Crippen molar-refractivity contribution >= 4 is 5.96 Å². The van der Waals surface area contributed by atoms with E-state index in [-0.39, 0.29) is 6.61 Å². The van der Waals surface area contributed by atoms with Gasteiger partial charge in [-0.15, -0.1) is 0 Å². The van der Waals surface area contributed by atoms with Crippen LogP contribution in [0.5, 0.6) is 0 Å². The molecule has 30 heavy (non-hydrogen) atoms. The Kier molecular flexibility index (Phi) is 11.0. The van der Waals surface area contributed by atoms with Gasteiger partial charge in [0.1, 0.15) is 6.61 Å². The van der Waals surface area contributed by atoms with Gasteiger partial charge in [0.05, 0.1) is 26.4 Å². The van der Waals surface area contributed by atoms with Gasteiger partial charge in [-0.1, -0.05) is 24.3 Å². The Hall–Kier alpha value is -1.84. The lowest BCUT2D eigenvalue weighted by molar-refractivity contribution is -0.176. The molecule has 0 amide bonds. The maximum absolute atomic E-state index is 12.2. The third kappa shape index (κ3) is 10.8. The normalized spacial score (nSPS) is 17.3. The van der Waals surface area contributed by atoms with E-state index in [1.165, 1.54) is 0 Å². The Morgan fingerprint density at radius 2 is 2.07 bits per heavy atom. The molecular weight excluding hydrogens is 399 g/mol. The summed E-state index contributed by atoms with van der Waals surface area (Å²) in [6.45, 7) is 5.61. The number of halogens is 3. The van der Waals surface area contributed by atoms with Crippen molar-refractivity contribution in [3.8, 4) is 0 Å². The standard InChI is InChI=1S/C21H32F3N3O3/c1-2-25-20(26-8-4-9-28-14-19-7-10-29-15-19)27-12-17-5-3-6-18(11-17)13-30-16-21(22,23)24/h3,5-6,11,19H,2,4,7-10,12-16H2,1H3,(H2,25,26,27). The molecule has 0 spiro atoms. The Balaban J connectivity index is 1.70. The second kappa shape index (κ2) is 13.5. The molecule has 6 nitrogen and oxygen atoms in total. The number of aliphatic imine (C=N–C) groups is 1. The van der Waals surface area contributed by atoms with Crippen molar-refractivity contribution in [3.05, 3.63) is 35.4 Å². The number of hydrogen-bond donors (Lipinski definition) is 2. The summed E-state index contributed by atoms with van der Waals surface area (Å²) in [6.07, 6.45) is -2.38. The molecule has 1 aromatic rings. The summed E-state index contributed by atoms with van der Waals surface area (Å²) < 4.78 is 52.3. The van der Waals surface area contributed by atoms with Gasteiger partial charge < -0.3 is 24.8 Å². The van der Waals surface area contributed by atoms with Crippen LogP contribution in [0.2, 0.25) is 0 Å². The molecule has 1 fully saturated rings. The maximum Gasteiger partial charge on any atom is 0.411 e. The smallest absolute Gasteiger partial charge is 0.381 e. The highest BCUT2D eigenvalue weighted by atomic mass is 19.4. The Bertz CT molecular complexity index is 635. The average Bonchev–Trinajstić information content (AvgIpc) is 3.21. The molecule has 1 aliphatic heterocycles. The van der Waals surface area contributed by atoms with Crippen molar-refractivity contribution in [2.75, 3.05) is 46.1 Å². The fourth-order valence-corrected chi connectivity index (χ4v) is 2.96. The number of guanidine groups is 1. The van der Waals surface area contributed by atoms with Crippen LogP contribution in [0.3, 0.4) is 0 Å². The molecule has 2 rings (SSSR count). The minimum atomic E-state index is -4.32. The minimum Gasteiger partial charge on any atom is -0.381 e. The number of nitrogens with one attached hydrogen (secondary N) is 2. The number of alkyl halides is 3. The van der Waals surface area contributed by atoms with Gasteiger partial charge in [-0.3, -0.25) is 0 Å². The summed E-state index contributed by atoms with van der Waals surface area (Å²) >= 11 is 0. The molecule has 0 aliphatic carbocycles. The lowest BCUT2D eigenvalue weighted by Gasteiger charge is -2.12. The topological polar surface area (TPSA) is 64.1 Å². The van der Waals surface area contributed by atoms with Gasteiger partial charge in [-0.25, -0.2) is 4.99 Å². The third-order valence-electron chi connectivity index (χ3n) is 4.43. The van der Waals surface area contributed by atoms with Crippen LogP contribution < -0.4 is 10.6 Å². The first-order valence-electron chi connectivity index (χ1n) is 10.4. The molecule has 9 heteroatoms. The largest absolute Gasteiger partial charge is 0.411 e. The van der Waals surface area contributed by atoms with E-state index in [1.54, 1.807) is 12.1 Å². The van der Waals surface area contributed by atoms with E-state index in [4.69, 9.17) is 14.2 Å². The zero-order chi connectivity index (χ0) is 21.7. The summed E-state index contributed by atoms with van der Waals surface area (Å²) in [6, 6.07) is 7.24. The lowest BCUT2D eigenvalue weighted by atomic mass is 10.1. The molecule has 0 bridgehead atoms. The van der Waals surface area contributed by atoms with Gasteiger partial charge in [0.2, 0.25) is 0 Å². The van der Waals surface area contributed by atoms with E-state index in [0.717, 1.165) is 51.3 Å². The van der Waals surface area contributed by atoms with Gasteiger partial charge in [-0.05, 0) is 30.9 Å². The van der Waals surface area contributed by atoms with Crippen molar-refractivity contribution < 1.29 is 27.4 Å². The molecule has 1 heterocycles. The first-order chi connectivity index (χ1) is 14.5. The van der Waals surface area contributed by atoms with Crippen LogP contribution in [0.25, 0.3) is 0 Å². The lowest BCUT2D eigenvalue weighted by Crippen LogP contribution is -2.38. The highest BCUT2D eigenvalue weighted by Crippen LogP contribution is 2.16. The van der Waals surface area contributed by atoms with E-state index in [0.29, 0.717) is 30.6 Å². The van der Waals surface area contributed by atoms with E-state index in [1.807, 2.05) is 19.1 Å². The number of benzene rings is 1. The van der Waals surface area contributed by atoms with E-state index >= 15 is 0 Å². The summed E-state index contributed by atoms with van der Waals surface area (Å²) in [4.78, 5) is 4.54. The summed E-state index contributed by atoms with van der Waals surface area (Å²) in [5, 5.41) is 6.46. The molecule has 0 radical (unpaired) electrons. The molecule has 1 aromatic carbocycles. The van der Waals surface area contributed by atoms with Gasteiger partial charge in [0, 0.05) is 32.2 Å². The molecule has 1 unspecified atom stereocenters. The monoisotopic (exact) mass is 431 g/mol. The molecule has 1 aliphatic rings. The van der Waals surface area contributed by atoms with E-state index in [9.17, 15) is 13.2 Å². The van der Waals surface area contributed by atoms with Crippen LogP contribution in [-0.2, 0) is 27.4 Å². The fraction of sp³-hybridized carbons (Fsp3) is 0.667. The average molecular weight is 431 g/mol. The number of hydrogen-bond acceptors (Lipinski definition) is 4. The SMILES string of the molecule is CCNC(=NCc1cccc(COCC(F)(F)F)c1)NCCCOCC1CCOC1. The van der Waals surface area contributed by atoms with Crippen molar-refractivity contribution in [3.63, 3.8) is 0 Å². The quantitative estimate of drug-likeness (QED) is 0.302. The van der Waals surface area contributed by atoms with Crippen molar-refractivity contribution in [1.29, 1.82) is 0 Å². The molecule has 2 N–H and O–H groups in total. The minimum absolute atomic E-state index is 0.0810. The van der Waals surface area contributed by atoms with Crippen LogP contribution >= 0.6 is 0 Å². The predicted octanol–water partition coefficient (Wildman–Crippen LogP) is 3.26. The summed E-state index contributed by atoms with van der Waals surface area (Å²) in [5.74, 6) is 1.21. The van der Waals surface area contributed by atoms with Crippen molar-refractivity contribution in [1.82, 2.24) is 10.6 Å². The predicted molar refractivity (Wildman–Crippen MR) is 109 cm³/mol. The maximum atomic E-state index is 12.2. The van der Waals surface area contributed by atoms with Gasteiger partial charge in [-0.2, -0.15) is 13.2 Å². The number of nitrogens with zero attached hydrogens (tertiary/aromatic N) is 1. The highest BCUT2D eigenvalue weighted by Gasteiger charge is 2.27.